The average molecular weight is 368 g/mol. The summed E-state index contributed by atoms with van der Waals surface area (Å²) in [5.41, 5.74) is 0.931. The Balaban J connectivity index is 1.80. The number of nitro groups is 1. The van der Waals surface area contributed by atoms with Crippen molar-refractivity contribution in [2.75, 3.05) is 12.4 Å². The van der Waals surface area contributed by atoms with Crippen molar-refractivity contribution in [3.05, 3.63) is 69.8 Å². The van der Waals surface area contributed by atoms with Gasteiger partial charge in [0.05, 0.1) is 18.0 Å². The number of rotatable bonds is 6. The minimum Gasteiger partial charge on any atom is -0.469 e. The van der Waals surface area contributed by atoms with Crippen LogP contribution in [0.3, 0.4) is 0 Å². The van der Waals surface area contributed by atoms with Crippen LogP contribution in [0.5, 0.6) is 0 Å². The average Bonchev–Trinajstić information content (AvgIpc) is 3.16. The van der Waals surface area contributed by atoms with E-state index in [4.69, 9.17) is 4.74 Å². The zero-order valence-corrected chi connectivity index (χ0v) is 14.9. The highest BCUT2D eigenvalue weighted by Gasteiger charge is 2.31. The molecule has 1 N–H and O–H groups in total. The van der Waals surface area contributed by atoms with Crippen LogP contribution in [0, 0.1) is 16.0 Å². The smallest absolute Gasteiger partial charge is 0.308 e. The summed E-state index contributed by atoms with van der Waals surface area (Å²) in [6.07, 6.45) is 1.97. The Labute approximate surface area is 156 Å². The van der Waals surface area contributed by atoms with E-state index in [-0.39, 0.29) is 35.0 Å². The van der Waals surface area contributed by atoms with Gasteiger partial charge in [-0.1, -0.05) is 30.3 Å². The number of benzene rings is 2. The summed E-state index contributed by atoms with van der Waals surface area (Å²) in [4.78, 5) is 35.2. The molecule has 2 aromatic rings. The molecule has 2 aromatic carbocycles. The second kappa shape index (κ2) is 7.99. The molecular formula is C20H20N2O5. The first-order chi connectivity index (χ1) is 13.0. The fourth-order valence-electron chi connectivity index (χ4n) is 3.42. The van der Waals surface area contributed by atoms with Gasteiger partial charge in [0.15, 0.2) is 5.78 Å². The number of carbonyl (C=O) groups excluding carboxylic acids is 2. The Morgan fingerprint density at radius 3 is 2.52 bits per heavy atom. The van der Waals surface area contributed by atoms with Crippen LogP contribution in [0.2, 0.25) is 0 Å². The number of nitrogens with one attached hydrogen (secondary N) is 1. The van der Waals surface area contributed by atoms with Crippen molar-refractivity contribution in [1.29, 1.82) is 0 Å². The lowest BCUT2D eigenvalue weighted by atomic mass is 10.0. The first-order valence-corrected chi connectivity index (χ1v) is 8.72. The van der Waals surface area contributed by atoms with Crippen LogP contribution in [-0.2, 0) is 9.53 Å². The summed E-state index contributed by atoms with van der Waals surface area (Å²) in [6.45, 7) is 0. The van der Waals surface area contributed by atoms with Gasteiger partial charge in [0, 0.05) is 23.2 Å². The van der Waals surface area contributed by atoms with Gasteiger partial charge >= 0.3 is 5.97 Å². The third-order valence-electron chi connectivity index (χ3n) is 4.82. The minimum absolute atomic E-state index is 0.0523. The molecule has 7 nitrogen and oxygen atoms in total. The molecule has 0 amide bonds. The normalized spacial score (nSPS) is 18.7. The summed E-state index contributed by atoms with van der Waals surface area (Å²) in [5.74, 6) is -0.708. The molecule has 0 spiro atoms. The largest absolute Gasteiger partial charge is 0.469 e. The van der Waals surface area contributed by atoms with E-state index in [9.17, 15) is 19.7 Å². The number of ether oxygens (including phenoxy) is 1. The van der Waals surface area contributed by atoms with Gasteiger partial charge in [0.2, 0.25) is 0 Å². The van der Waals surface area contributed by atoms with Crippen molar-refractivity contribution in [2.24, 2.45) is 5.92 Å². The Morgan fingerprint density at radius 2 is 1.85 bits per heavy atom. The number of nitro benzene ring substituents is 1. The Kier molecular flexibility index (Phi) is 5.49. The van der Waals surface area contributed by atoms with Crippen LogP contribution in [0.25, 0.3) is 0 Å². The van der Waals surface area contributed by atoms with Crippen molar-refractivity contribution >= 4 is 23.1 Å². The van der Waals surface area contributed by atoms with Crippen LogP contribution >= 0.6 is 0 Å². The molecule has 1 saturated carbocycles. The zero-order chi connectivity index (χ0) is 19.4. The second-order valence-electron chi connectivity index (χ2n) is 6.56. The van der Waals surface area contributed by atoms with Crippen molar-refractivity contribution in [1.82, 2.24) is 0 Å². The van der Waals surface area contributed by atoms with E-state index in [2.05, 4.69) is 5.32 Å². The molecule has 1 aliphatic carbocycles. The van der Waals surface area contributed by atoms with E-state index in [0.29, 0.717) is 24.1 Å². The second-order valence-corrected chi connectivity index (χ2v) is 6.56. The number of nitrogens with zero attached hydrogens (tertiary/aromatic N) is 1. The molecule has 0 saturated heterocycles. The van der Waals surface area contributed by atoms with Crippen LogP contribution in [-0.4, -0.2) is 29.8 Å². The quantitative estimate of drug-likeness (QED) is 0.362. The Hall–Kier alpha value is -3.22. The molecule has 0 unspecified atom stereocenters. The van der Waals surface area contributed by atoms with Crippen molar-refractivity contribution in [3.63, 3.8) is 0 Å². The third-order valence-corrected chi connectivity index (χ3v) is 4.82. The summed E-state index contributed by atoms with van der Waals surface area (Å²) >= 11 is 0. The van der Waals surface area contributed by atoms with Gasteiger partial charge in [-0.15, -0.1) is 0 Å². The SMILES string of the molecule is COC(=O)[C@H]1CC[C@@H](Nc2ccc(C(=O)c3ccccc3)cc2[N+](=O)[O-])C1. The molecule has 3 rings (SSSR count). The van der Waals surface area contributed by atoms with Crippen LogP contribution in [0.1, 0.15) is 35.2 Å². The van der Waals surface area contributed by atoms with Gasteiger partial charge < -0.3 is 10.1 Å². The minimum atomic E-state index is -0.503. The summed E-state index contributed by atoms with van der Waals surface area (Å²) in [7, 11) is 1.36. The van der Waals surface area contributed by atoms with Crippen LogP contribution in [0.15, 0.2) is 48.5 Å². The molecule has 27 heavy (non-hydrogen) atoms. The maximum atomic E-state index is 12.5. The monoisotopic (exact) mass is 368 g/mol. The standard InChI is InChI=1S/C20H20N2O5/c1-27-20(24)15-7-9-16(11-15)21-17-10-8-14(12-18(17)22(25)26)19(23)13-5-3-2-4-6-13/h2-6,8,10,12,15-16,21H,7,9,11H2,1H3/t15-,16+/m0/s1. The molecule has 0 aromatic heterocycles. The van der Waals surface area contributed by atoms with E-state index in [1.165, 1.54) is 13.2 Å². The first-order valence-electron chi connectivity index (χ1n) is 8.72. The molecule has 0 bridgehead atoms. The van der Waals surface area contributed by atoms with Crippen LogP contribution in [0.4, 0.5) is 11.4 Å². The number of methoxy groups -OCH3 is 1. The summed E-state index contributed by atoms with van der Waals surface area (Å²) in [5, 5.41) is 14.7. The number of esters is 1. The van der Waals surface area contributed by atoms with Crippen LogP contribution < -0.4 is 5.32 Å². The van der Waals surface area contributed by atoms with Gasteiger partial charge in [-0.2, -0.15) is 0 Å². The molecule has 140 valence electrons. The van der Waals surface area contributed by atoms with Crippen molar-refractivity contribution < 1.29 is 19.2 Å². The van der Waals surface area contributed by atoms with Gasteiger partial charge in [-0.25, -0.2) is 0 Å². The first kappa shape index (κ1) is 18.6. The predicted molar refractivity (Wildman–Crippen MR) is 99.7 cm³/mol. The van der Waals surface area contributed by atoms with Gasteiger partial charge in [-0.3, -0.25) is 19.7 Å². The molecule has 1 aliphatic rings. The van der Waals surface area contributed by atoms with Gasteiger partial charge in [0.25, 0.3) is 5.69 Å². The Bertz CT molecular complexity index is 866. The molecule has 7 heteroatoms. The topological polar surface area (TPSA) is 98.5 Å². The van der Waals surface area contributed by atoms with Gasteiger partial charge in [0.1, 0.15) is 5.69 Å². The summed E-state index contributed by atoms with van der Waals surface area (Å²) < 4.78 is 4.77. The lowest BCUT2D eigenvalue weighted by Gasteiger charge is -2.15. The fourth-order valence-corrected chi connectivity index (χ4v) is 3.42. The molecule has 0 heterocycles. The zero-order valence-electron chi connectivity index (χ0n) is 14.9. The lowest BCUT2D eigenvalue weighted by molar-refractivity contribution is -0.384. The molecule has 0 aliphatic heterocycles. The highest BCUT2D eigenvalue weighted by molar-refractivity contribution is 6.09. The van der Waals surface area contributed by atoms with Crippen molar-refractivity contribution in [2.45, 2.75) is 25.3 Å². The predicted octanol–water partition coefficient (Wildman–Crippen LogP) is 3.58. The molecule has 1 fully saturated rings. The van der Waals surface area contributed by atoms with Gasteiger partial charge in [-0.05, 0) is 31.4 Å². The molecule has 0 radical (unpaired) electrons. The highest BCUT2D eigenvalue weighted by atomic mass is 16.6. The summed E-state index contributed by atoms with van der Waals surface area (Å²) in [6, 6.07) is 13.0. The maximum Gasteiger partial charge on any atom is 0.308 e. The lowest BCUT2D eigenvalue weighted by Crippen LogP contribution is -2.19. The number of hydrogen-bond acceptors (Lipinski definition) is 6. The van der Waals surface area contributed by atoms with Crippen molar-refractivity contribution in [3.8, 4) is 0 Å². The fraction of sp³-hybridized carbons (Fsp3) is 0.300. The molecular weight excluding hydrogens is 348 g/mol. The highest BCUT2D eigenvalue weighted by Crippen LogP contribution is 2.33. The molecule has 2 atom stereocenters. The van der Waals surface area contributed by atoms with E-state index in [1.807, 2.05) is 0 Å². The number of ketones is 1. The maximum absolute atomic E-state index is 12.5. The number of carbonyl (C=O) groups is 2. The van der Waals surface area contributed by atoms with E-state index >= 15 is 0 Å². The van der Waals surface area contributed by atoms with E-state index < -0.39 is 4.92 Å². The van der Waals surface area contributed by atoms with E-state index in [1.54, 1.807) is 42.5 Å². The number of anilines is 1. The number of hydrogen-bond donors (Lipinski definition) is 1. The third kappa shape index (κ3) is 4.13. The Morgan fingerprint density at radius 1 is 1.11 bits per heavy atom. The van der Waals surface area contributed by atoms with E-state index in [0.717, 1.165) is 6.42 Å².